The lowest BCUT2D eigenvalue weighted by atomic mass is 9.91. The molecule has 0 radical (unpaired) electrons. The molecule has 2 aromatic carbocycles. The Morgan fingerprint density at radius 1 is 1.22 bits per heavy atom. The normalized spacial score (nSPS) is 12.5. The summed E-state index contributed by atoms with van der Waals surface area (Å²) < 4.78 is 11.6. The number of aldehydes is 1. The van der Waals surface area contributed by atoms with Crippen LogP contribution in [-0.4, -0.2) is 37.8 Å². The molecule has 0 aliphatic rings. The third-order valence-electron chi connectivity index (χ3n) is 6.53. The number of ether oxygens (including phenoxy) is 1. The standard InChI is InChI=1S/C29H35N3O4/c1-5-6-7-9-20(2)27(28-25(19-30)24-18-23(35-4)14-15-26(24)36-28)31-22-12-10-21(11-13-22)29(34)32(3)16-8-17-33/h10-15,17-18,20,27,31H,5-9,16H2,1-4H3. The van der Waals surface area contributed by atoms with Crippen molar-refractivity contribution in [3.63, 3.8) is 0 Å². The minimum absolute atomic E-state index is 0.133. The molecule has 2 unspecified atom stereocenters. The van der Waals surface area contributed by atoms with Crippen LogP contribution in [0, 0.1) is 17.2 Å². The van der Waals surface area contributed by atoms with Gasteiger partial charge in [-0.3, -0.25) is 4.79 Å². The van der Waals surface area contributed by atoms with Gasteiger partial charge in [0.25, 0.3) is 5.91 Å². The minimum Gasteiger partial charge on any atom is -0.497 e. The number of hydrogen-bond donors (Lipinski definition) is 1. The highest BCUT2D eigenvalue weighted by molar-refractivity contribution is 5.94. The summed E-state index contributed by atoms with van der Waals surface area (Å²) in [5, 5.41) is 14.4. The Bertz CT molecular complexity index is 1210. The van der Waals surface area contributed by atoms with Gasteiger partial charge in [0.1, 0.15) is 35.0 Å². The Morgan fingerprint density at radius 2 is 1.97 bits per heavy atom. The first-order valence-electron chi connectivity index (χ1n) is 12.5. The van der Waals surface area contributed by atoms with Crippen molar-refractivity contribution in [2.45, 2.75) is 52.0 Å². The van der Waals surface area contributed by atoms with Crippen LogP contribution in [0.2, 0.25) is 0 Å². The Morgan fingerprint density at radius 3 is 2.61 bits per heavy atom. The quantitative estimate of drug-likeness (QED) is 0.222. The predicted molar refractivity (Wildman–Crippen MR) is 141 cm³/mol. The zero-order valence-corrected chi connectivity index (χ0v) is 21.5. The predicted octanol–water partition coefficient (Wildman–Crippen LogP) is 6.34. The maximum atomic E-state index is 12.6. The maximum Gasteiger partial charge on any atom is 0.253 e. The maximum absolute atomic E-state index is 12.6. The number of amides is 1. The van der Waals surface area contributed by atoms with E-state index in [-0.39, 0.29) is 17.9 Å². The summed E-state index contributed by atoms with van der Waals surface area (Å²) in [5.74, 6) is 1.34. The molecule has 0 spiro atoms. The summed E-state index contributed by atoms with van der Waals surface area (Å²) in [4.78, 5) is 24.8. The average molecular weight is 490 g/mol. The fourth-order valence-electron chi connectivity index (χ4n) is 4.36. The summed E-state index contributed by atoms with van der Waals surface area (Å²) >= 11 is 0. The number of furan rings is 1. The molecule has 2 atom stereocenters. The van der Waals surface area contributed by atoms with E-state index in [9.17, 15) is 14.9 Å². The van der Waals surface area contributed by atoms with E-state index in [0.717, 1.165) is 43.0 Å². The van der Waals surface area contributed by atoms with Gasteiger partial charge < -0.3 is 24.2 Å². The molecule has 1 amide bonds. The topological polar surface area (TPSA) is 95.6 Å². The second-order valence-electron chi connectivity index (χ2n) is 9.17. The van der Waals surface area contributed by atoms with Crippen LogP contribution < -0.4 is 10.1 Å². The molecule has 36 heavy (non-hydrogen) atoms. The summed E-state index contributed by atoms with van der Waals surface area (Å²) in [7, 11) is 3.29. The van der Waals surface area contributed by atoms with Gasteiger partial charge in [-0.25, -0.2) is 0 Å². The van der Waals surface area contributed by atoms with E-state index in [0.29, 0.717) is 41.2 Å². The van der Waals surface area contributed by atoms with Crippen molar-refractivity contribution in [1.82, 2.24) is 4.90 Å². The molecule has 7 nitrogen and oxygen atoms in total. The van der Waals surface area contributed by atoms with Crippen molar-refractivity contribution in [2.75, 3.05) is 26.0 Å². The molecule has 3 rings (SSSR count). The number of unbranched alkanes of at least 4 members (excludes halogenated alkanes) is 2. The number of anilines is 1. The molecule has 1 aromatic heterocycles. The van der Waals surface area contributed by atoms with Crippen molar-refractivity contribution in [2.24, 2.45) is 5.92 Å². The highest BCUT2D eigenvalue weighted by Crippen LogP contribution is 2.38. The zero-order chi connectivity index (χ0) is 26.1. The van der Waals surface area contributed by atoms with Gasteiger partial charge in [0.15, 0.2) is 0 Å². The molecule has 7 heteroatoms. The van der Waals surface area contributed by atoms with Gasteiger partial charge in [-0.15, -0.1) is 0 Å². The van der Waals surface area contributed by atoms with Gasteiger partial charge >= 0.3 is 0 Å². The fourth-order valence-corrected chi connectivity index (χ4v) is 4.36. The number of carbonyl (C=O) groups is 2. The molecular weight excluding hydrogens is 454 g/mol. The molecule has 190 valence electrons. The van der Waals surface area contributed by atoms with E-state index in [2.05, 4.69) is 25.2 Å². The van der Waals surface area contributed by atoms with Crippen LogP contribution in [0.3, 0.4) is 0 Å². The van der Waals surface area contributed by atoms with E-state index >= 15 is 0 Å². The van der Waals surface area contributed by atoms with Crippen molar-refractivity contribution < 1.29 is 18.7 Å². The number of methoxy groups -OCH3 is 1. The van der Waals surface area contributed by atoms with Gasteiger partial charge in [-0.2, -0.15) is 5.26 Å². The van der Waals surface area contributed by atoms with Crippen molar-refractivity contribution in [3.8, 4) is 11.8 Å². The second kappa shape index (κ2) is 12.8. The van der Waals surface area contributed by atoms with Gasteiger partial charge in [0.05, 0.1) is 13.2 Å². The van der Waals surface area contributed by atoms with Crippen LogP contribution >= 0.6 is 0 Å². The number of benzene rings is 2. The molecule has 0 bridgehead atoms. The fraction of sp³-hybridized carbons (Fsp3) is 0.414. The Balaban J connectivity index is 1.92. The van der Waals surface area contributed by atoms with Crippen molar-refractivity contribution in [1.29, 1.82) is 5.26 Å². The highest BCUT2D eigenvalue weighted by Gasteiger charge is 2.28. The van der Waals surface area contributed by atoms with Gasteiger partial charge in [0.2, 0.25) is 0 Å². The molecule has 0 aliphatic carbocycles. The Labute approximate surface area is 213 Å². The van der Waals surface area contributed by atoms with Crippen LogP contribution in [-0.2, 0) is 4.79 Å². The lowest BCUT2D eigenvalue weighted by Crippen LogP contribution is -2.27. The molecule has 0 fully saturated rings. The van der Waals surface area contributed by atoms with Gasteiger partial charge in [-0.05, 0) is 54.8 Å². The van der Waals surface area contributed by atoms with E-state index < -0.39 is 0 Å². The number of hydrogen-bond acceptors (Lipinski definition) is 6. The first kappa shape index (κ1) is 26.8. The first-order chi connectivity index (χ1) is 17.4. The van der Waals surface area contributed by atoms with Gasteiger partial charge in [-0.1, -0.05) is 33.1 Å². The molecule has 0 saturated carbocycles. The van der Waals surface area contributed by atoms with Crippen LogP contribution in [0.15, 0.2) is 46.9 Å². The lowest BCUT2D eigenvalue weighted by Gasteiger charge is -2.25. The molecular formula is C29H35N3O4. The average Bonchev–Trinajstić information content (AvgIpc) is 3.27. The van der Waals surface area contributed by atoms with Crippen molar-refractivity contribution >= 4 is 28.8 Å². The number of nitrogens with zero attached hydrogens (tertiary/aromatic N) is 2. The second-order valence-corrected chi connectivity index (χ2v) is 9.17. The van der Waals surface area contributed by atoms with E-state index in [4.69, 9.17) is 9.15 Å². The van der Waals surface area contributed by atoms with E-state index in [1.54, 1.807) is 26.3 Å². The van der Waals surface area contributed by atoms with Crippen molar-refractivity contribution in [3.05, 3.63) is 59.4 Å². The lowest BCUT2D eigenvalue weighted by molar-refractivity contribution is -0.108. The third-order valence-corrected chi connectivity index (χ3v) is 6.53. The Hall–Kier alpha value is -3.79. The third kappa shape index (κ3) is 6.25. The van der Waals surface area contributed by atoms with Crippen LogP contribution in [0.5, 0.6) is 5.75 Å². The first-order valence-corrected chi connectivity index (χ1v) is 12.5. The Kier molecular flexibility index (Phi) is 9.52. The highest BCUT2D eigenvalue weighted by atomic mass is 16.5. The molecule has 1 heterocycles. The monoisotopic (exact) mass is 489 g/mol. The molecule has 0 saturated heterocycles. The summed E-state index contributed by atoms with van der Waals surface area (Å²) in [6.07, 6.45) is 5.47. The number of carbonyl (C=O) groups excluding carboxylic acids is 2. The number of rotatable bonds is 13. The van der Waals surface area contributed by atoms with Crippen LogP contribution in [0.25, 0.3) is 11.0 Å². The number of nitrogens with one attached hydrogen (secondary N) is 1. The summed E-state index contributed by atoms with van der Waals surface area (Å²) in [5.41, 5.74) is 2.54. The zero-order valence-electron chi connectivity index (χ0n) is 21.5. The van der Waals surface area contributed by atoms with E-state index in [1.165, 1.54) is 4.90 Å². The smallest absolute Gasteiger partial charge is 0.253 e. The number of fused-ring (bicyclic) bond motifs is 1. The van der Waals surface area contributed by atoms with E-state index in [1.807, 2.05) is 30.3 Å². The minimum atomic E-state index is -0.230. The van der Waals surface area contributed by atoms with Crippen LogP contribution in [0.1, 0.15) is 73.7 Å². The molecule has 3 aromatic rings. The largest absolute Gasteiger partial charge is 0.497 e. The van der Waals surface area contributed by atoms with Gasteiger partial charge in [0, 0.05) is 36.7 Å². The number of nitriles is 1. The molecule has 0 aliphatic heterocycles. The van der Waals surface area contributed by atoms with Crippen LogP contribution in [0.4, 0.5) is 5.69 Å². The SMILES string of the molecule is CCCCCC(C)C(Nc1ccc(C(=O)N(C)CCC=O)cc1)c1oc2ccc(OC)cc2c1C#N. The summed E-state index contributed by atoms with van der Waals surface area (Å²) in [6, 6.07) is 14.9. The molecule has 1 N–H and O–H groups in total. The summed E-state index contributed by atoms with van der Waals surface area (Å²) in [6.45, 7) is 4.73.